The van der Waals surface area contributed by atoms with Crippen LogP contribution in [0.2, 0.25) is 0 Å². The summed E-state index contributed by atoms with van der Waals surface area (Å²) in [6.45, 7) is 3.95. The number of anilines is 1. The lowest BCUT2D eigenvalue weighted by molar-refractivity contribution is 0.0470. The number of carbonyl (C=O) groups is 1. The van der Waals surface area contributed by atoms with Gasteiger partial charge in [-0.15, -0.1) is 0 Å². The highest BCUT2D eigenvalue weighted by Gasteiger charge is 2.28. The van der Waals surface area contributed by atoms with Gasteiger partial charge in [-0.05, 0) is 55.5 Å². The molecule has 1 aliphatic carbocycles. The van der Waals surface area contributed by atoms with Crippen molar-refractivity contribution in [2.45, 2.75) is 32.8 Å². The fourth-order valence-corrected chi connectivity index (χ4v) is 3.29. The molecule has 27 heavy (non-hydrogen) atoms. The number of aromatic amines is 1. The summed E-state index contributed by atoms with van der Waals surface area (Å²) in [4.78, 5) is 32.5. The molecule has 2 N–H and O–H groups in total. The molecule has 1 saturated carbocycles. The maximum atomic E-state index is 12.8. The zero-order valence-corrected chi connectivity index (χ0v) is 15.6. The number of nitrogens with one attached hydrogen (secondary N) is 2. The summed E-state index contributed by atoms with van der Waals surface area (Å²) >= 11 is 0. The molecule has 2 heterocycles. The summed E-state index contributed by atoms with van der Waals surface area (Å²) in [5.74, 6) is 0.286. The predicted molar refractivity (Wildman–Crippen MR) is 105 cm³/mol. The lowest BCUT2D eigenvalue weighted by atomic mass is 9.97. The molecule has 6 heteroatoms. The Balaban J connectivity index is 1.79. The van der Waals surface area contributed by atoms with E-state index in [1.54, 1.807) is 6.07 Å². The average molecular weight is 363 g/mol. The lowest BCUT2D eigenvalue weighted by Crippen LogP contribution is -2.19. The van der Waals surface area contributed by atoms with Crippen LogP contribution in [-0.4, -0.2) is 29.1 Å². The fraction of sp³-hybridized carbons (Fsp3) is 0.286. The Bertz CT molecular complexity index is 1110. The molecule has 0 spiro atoms. The molecule has 0 amide bonds. The van der Waals surface area contributed by atoms with Crippen molar-refractivity contribution < 1.29 is 9.53 Å². The van der Waals surface area contributed by atoms with Crippen molar-refractivity contribution in [2.24, 2.45) is 0 Å². The number of hydrogen-bond acceptors (Lipinski definition) is 5. The standard InChI is InChI=1S/C21H21N3O3/c1-11-8-13(9-24-20(11)22-3)15-6-7-16-18(12(15)2)23-10-17(19(16)25)21(26)27-14-4-5-14/h6-10,14H,4-5H2,1-3H3,(H,22,24)(H,23,25). The second kappa shape index (κ2) is 6.54. The molecule has 0 unspecified atom stereocenters. The summed E-state index contributed by atoms with van der Waals surface area (Å²) in [6, 6.07) is 5.72. The number of hydrogen-bond donors (Lipinski definition) is 2. The Labute approximate surface area is 156 Å². The van der Waals surface area contributed by atoms with Gasteiger partial charge in [0.05, 0.1) is 5.52 Å². The number of nitrogens with zero attached hydrogens (tertiary/aromatic N) is 1. The number of pyridine rings is 2. The van der Waals surface area contributed by atoms with Crippen LogP contribution < -0.4 is 10.7 Å². The predicted octanol–water partition coefficient (Wildman–Crippen LogP) is 3.57. The second-order valence-corrected chi connectivity index (χ2v) is 6.94. The number of aryl methyl sites for hydroxylation is 2. The van der Waals surface area contributed by atoms with Crippen LogP contribution in [0, 0.1) is 13.8 Å². The summed E-state index contributed by atoms with van der Waals surface area (Å²) in [5, 5.41) is 3.54. The Morgan fingerprint density at radius 2 is 2.07 bits per heavy atom. The van der Waals surface area contributed by atoms with E-state index in [1.165, 1.54) is 6.20 Å². The van der Waals surface area contributed by atoms with Crippen molar-refractivity contribution in [3.8, 4) is 11.1 Å². The third-order valence-corrected chi connectivity index (χ3v) is 4.96. The molecule has 0 atom stereocenters. The minimum Gasteiger partial charge on any atom is -0.459 e. The summed E-state index contributed by atoms with van der Waals surface area (Å²) < 4.78 is 5.26. The average Bonchev–Trinajstić information content (AvgIpc) is 3.46. The van der Waals surface area contributed by atoms with Crippen LogP contribution in [0.15, 0.2) is 35.4 Å². The molecule has 1 aliphatic rings. The Hall–Kier alpha value is -3.15. The van der Waals surface area contributed by atoms with Gasteiger partial charge >= 0.3 is 5.97 Å². The van der Waals surface area contributed by atoms with E-state index in [9.17, 15) is 9.59 Å². The van der Waals surface area contributed by atoms with Gasteiger partial charge in [-0.25, -0.2) is 9.78 Å². The van der Waals surface area contributed by atoms with Gasteiger partial charge in [0.1, 0.15) is 17.5 Å². The van der Waals surface area contributed by atoms with Crippen LogP contribution in [0.3, 0.4) is 0 Å². The number of H-pyrrole nitrogens is 1. The minimum atomic E-state index is -0.551. The van der Waals surface area contributed by atoms with E-state index in [0.717, 1.165) is 46.4 Å². The first-order valence-electron chi connectivity index (χ1n) is 9.00. The number of fused-ring (bicyclic) bond motifs is 1. The van der Waals surface area contributed by atoms with Crippen molar-refractivity contribution >= 4 is 22.7 Å². The minimum absolute atomic E-state index is 0.0342. The molecule has 2 aromatic heterocycles. The highest BCUT2D eigenvalue weighted by molar-refractivity contribution is 5.96. The summed E-state index contributed by atoms with van der Waals surface area (Å²) in [7, 11) is 1.84. The molecule has 3 aromatic rings. The van der Waals surface area contributed by atoms with E-state index < -0.39 is 5.97 Å². The van der Waals surface area contributed by atoms with E-state index in [2.05, 4.69) is 21.4 Å². The van der Waals surface area contributed by atoms with Crippen LogP contribution in [0.5, 0.6) is 0 Å². The molecule has 0 bridgehead atoms. The number of carbonyl (C=O) groups excluding carboxylic acids is 1. The summed E-state index contributed by atoms with van der Waals surface area (Å²) in [6.07, 6.45) is 4.98. The van der Waals surface area contributed by atoms with Gasteiger partial charge in [-0.2, -0.15) is 0 Å². The maximum absolute atomic E-state index is 12.8. The normalized spacial score (nSPS) is 13.6. The molecule has 4 rings (SSSR count). The SMILES string of the molecule is CNc1ncc(-c2ccc3c(=O)c(C(=O)OC4CC4)c[nH]c3c2C)cc1C. The van der Waals surface area contributed by atoms with E-state index >= 15 is 0 Å². The lowest BCUT2D eigenvalue weighted by Gasteiger charge is -2.12. The highest BCUT2D eigenvalue weighted by Crippen LogP contribution is 2.29. The first-order chi connectivity index (χ1) is 13.0. The van der Waals surface area contributed by atoms with Gasteiger partial charge in [-0.1, -0.05) is 6.07 Å². The topological polar surface area (TPSA) is 84.1 Å². The van der Waals surface area contributed by atoms with Gasteiger partial charge in [0.2, 0.25) is 5.43 Å². The Kier molecular flexibility index (Phi) is 4.18. The molecule has 0 radical (unpaired) electrons. The third-order valence-electron chi connectivity index (χ3n) is 4.96. The zero-order valence-electron chi connectivity index (χ0n) is 15.6. The molecular formula is C21H21N3O3. The molecule has 1 aromatic carbocycles. The zero-order chi connectivity index (χ0) is 19.1. The molecular weight excluding hydrogens is 342 g/mol. The van der Waals surface area contributed by atoms with E-state index in [0.29, 0.717) is 5.39 Å². The van der Waals surface area contributed by atoms with Crippen LogP contribution in [-0.2, 0) is 4.74 Å². The Morgan fingerprint density at radius 3 is 2.74 bits per heavy atom. The van der Waals surface area contributed by atoms with Crippen molar-refractivity contribution in [1.82, 2.24) is 9.97 Å². The van der Waals surface area contributed by atoms with Crippen molar-refractivity contribution in [1.29, 1.82) is 0 Å². The van der Waals surface area contributed by atoms with E-state index in [1.807, 2.05) is 33.2 Å². The molecule has 6 nitrogen and oxygen atoms in total. The van der Waals surface area contributed by atoms with Crippen LogP contribution >= 0.6 is 0 Å². The molecule has 138 valence electrons. The third kappa shape index (κ3) is 3.07. The molecule has 0 aliphatic heterocycles. The number of aromatic nitrogens is 2. The van der Waals surface area contributed by atoms with Gasteiger partial charge in [0.25, 0.3) is 0 Å². The molecule has 0 saturated heterocycles. The number of esters is 1. The number of ether oxygens (including phenoxy) is 1. The van der Waals surface area contributed by atoms with E-state index in [4.69, 9.17) is 4.74 Å². The van der Waals surface area contributed by atoms with Gasteiger partial charge in [0, 0.05) is 30.4 Å². The van der Waals surface area contributed by atoms with Gasteiger partial charge < -0.3 is 15.0 Å². The van der Waals surface area contributed by atoms with Crippen LogP contribution in [0.25, 0.3) is 22.0 Å². The molecule has 1 fully saturated rings. The number of rotatable bonds is 4. The van der Waals surface area contributed by atoms with Crippen molar-refractivity contribution in [3.63, 3.8) is 0 Å². The second-order valence-electron chi connectivity index (χ2n) is 6.94. The van der Waals surface area contributed by atoms with E-state index in [-0.39, 0.29) is 17.1 Å². The van der Waals surface area contributed by atoms with Gasteiger partial charge in [0.15, 0.2) is 0 Å². The quantitative estimate of drug-likeness (QED) is 0.692. The fourth-order valence-electron chi connectivity index (χ4n) is 3.29. The monoisotopic (exact) mass is 363 g/mol. The van der Waals surface area contributed by atoms with Crippen molar-refractivity contribution in [3.05, 3.63) is 57.5 Å². The first kappa shape index (κ1) is 17.3. The van der Waals surface area contributed by atoms with Crippen LogP contribution in [0.4, 0.5) is 5.82 Å². The smallest absolute Gasteiger partial charge is 0.343 e. The highest BCUT2D eigenvalue weighted by atomic mass is 16.5. The summed E-state index contributed by atoms with van der Waals surface area (Å²) in [5.41, 5.74) is 4.41. The number of benzene rings is 1. The maximum Gasteiger partial charge on any atom is 0.343 e. The van der Waals surface area contributed by atoms with Crippen molar-refractivity contribution in [2.75, 3.05) is 12.4 Å². The first-order valence-corrected chi connectivity index (χ1v) is 9.00. The van der Waals surface area contributed by atoms with Gasteiger partial charge in [-0.3, -0.25) is 4.79 Å². The van der Waals surface area contributed by atoms with Crippen LogP contribution in [0.1, 0.15) is 34.3 Å². The Morgan fingerprint density at radius 1 is 1.30 bits per heavy atom. The largest absolute Gasteiger partial charge is 0.459 e.